The fourth-order valence-corrected chi connectivity index (χ4v) is 3.71. The fraction of sp³-hybridized carbons (Fsp3) is 0.550. The zero-order valence-corrected chi connectivity index (χ0v) is 15.6. The first-order chi connectivity index (χ1) is 12.7. The second kappa shape index (κ2) is 7.68. The third-order valence-electron chi connectivity index (χ3n) is 5.05. The van der Waals surface area contributed by atoms with Crippen LogP contribution in [0.4, 0.5) is 0 Å². The van der Waals surface area contributed by atoms with Crippen LogP contribution in [0.25, 0.3) is 11.3 Å². The Morgan fingerprint density at radius 3 is 2.81 bits per heavy atom. The quantitative estimate of drug-likeness (QED) is 0.796. The number of fused-ring (bicyclic) bond motifs is 1. The Kier molecular flexibility index (Phi) is 5.13. The number of benzene rings is 1. The van der Waals surface area contributed by atoms with Crippen LogP contribution in [0.1, 0.15) is 25.3 Å². The van der Waals surface area contributed by atoms with Crippen LogP contribution in [0, 0.1) is 0 Å². The van der Waals surface area contributed by atoms with Gasteiger partial charge < -0.3 is 14.2 Å². The van der Waals surface area contributed by atoms with E-state index in [4.69, 9.17) is 19.3 Å². The number of likely N-dealkylation sites (N-methyl/N-ethyl adjacent to an activating group) is 1. The molecule has 2 aromatic rings. The van der Waals surface area contributed by atoms with E-state index >= 15 is 0 Å². The van der Waals surface area contributed by atoms with Crippen molar-refractivity contribution in [2.75, 3.05) is 32.9 Å². The van der Waals surface area contributed by atoms with Crippen molar-refractivity contribution >= 4 is 0 Å². The van der Waals surface area contributed by atoms with Crippen LogP contribution in [-0.4, -0.2) is 53.7 Å². The number of aromatic nitrogens is 2. The molecule has 1 aromatic heterocycles. The average molecular weight is 357 g/mol. The van der Waals surface area contributed by atoms with Gasteiger partial charge in [-0.25, -0.2) is 0 Å². The predicted molar refractivity (Wildman–Crippen MR) is 99.6 cm³/mol. The van der Waals surface area contributed by atoms with Gasteiger partial charge in [-0.1, -0.05) is 6.92 Å². The molecule has 4 rings (SSSR count). The van der Waals surface area contributed by atoms with E-state index in [1.165, 1.54) is 18.4 Å². The van der Waals surface area contributed by atoms with Crippen LogP contribution in [0.15, 0.2) is 24.4 Å². The minimum atomic E-state index is 0.365. The van der Waals surface area contributed by atoms with Gasteiger partial charge in [0.25, 0.3) is 0 Å². The molecule has 1 saturated heterocycles. The number of rotatable bonds is 6. The van der Waals surface area contributed by atoms with Crippen LogP contribution in [0.2, 0.25) is 0 Å². The maximum atomic E-state index is 5.81. The monoisotopic (exact) mass is 357 g/mol. The Labute approximate surface area is 154 Å². The Hall–Kier alpha value is -2.05. The van der Waals surface area contributed by atoms with Crippen molar-refractivity contribution in [1.29, 1.82) is 0 Å². The minimum absolute atomic E-state index is 0.365. The fourth-order valence-electron chi connectivity index (χ4n) is 3.71. The van der Waals surface area contributed by atoms with E-state index in [2.05, 4.69) is 24.1 Å². The molecule has 140 valence electrons. The van der Waals surface area contributed by atoms with Gasteiger partial charge in [0.1, 0.15) is 13.2 Å². The molecule has 6 heteroatoms. The summed E-state index contributed by atoms with van der Waals surface area (Å²) < 4.78 is 19.1. The molecule has 1 atom stereocenters. The third kappa shape index (κ3) is 3.71. The largest absolute Gasteiger partial charge is 0.486 e. The second-order valence-electron chi connectivity index (χ2n) is 7.00. The highest BCUT2D eigenvalue weighted by molar-refractivity contribution is 5.66. The van der Waals surface area contributed by atoms with Gasteiger partial charge in [-0.3, -0.25) is 9.58 Å². The van der Waals surface area contributed by atoms with Gasteiger partial charge in [0.15, 0.2) is 11.5 Å². The van der Waals surface area contributed by atoms with Gasteiger partial charge in [0, 0.05) is 44.1 Å². The highest BCUT2D eigenvalue weighted by atomic mass is 16.6. The van der Waals surface area contributed by atoms with Crippen LogP contribution < -0.4 is 9.47 Å². The molecular formula is C20H27N3O3. The lowest BCUT2D eigenvalue weighted by molar-refractivity contribution is 0.0725. The molecule has 0 amide bonds. The van der Waals surface area contributed by atoms with Crippen molar-refractivity contribution in [3.63, 3.8) is 0 Å². The zero-order chi connectivity index (χ0) is 17.9. The Morgan fingerprint density at radius 2 is 2.04 bits per heavy atom. The highest BCUT2D eigenvalue weighted by Gasteiger charge is 2.21. The molecule has 1 fully saturated rings. The van der Waals surface area contributed by atoms with E-state index in [9.17, 15) is 0 Å². The number of aryl methyl sites for hydroxylation is 1. The van der Waals surface area contributed by atoms with E-state index in [1.54, 1.807) is 0 Å². The molecule has 0 radical (unpaired) electrons. The minimum Gasteiger partial charge on any atom is -0.486 e. The summed E-state index contributed by atoms with van der Waals surface area (Å²) in [5.41, 5.74) is 3.30. The summed E-state index contributed by atoms with van der Waals surface area (Å²) >= 11 is 0. The maximum Gasteiger partial charge on any atom is 0.162 e. The summed E-state index contributed by atoms with van der Waals surface area (Å²) in [4.78, 5) is 2.44. The van der Waals surface area contributed by atoms with Gasteiger partial charge in [-0.15, -0.1) is 0 Å². The summed E-state index contributed by atoms with van der Waals surface area (Å²) in [5.74, 6) is 1.61. The zero-order valence-electron chi connectivity index (χ0n) is 15.6. The van der Waals surface area contributed by atoms with Crippen LogP contribution in [-0.2, 0) is 18.3 Å². The maximum absolute atomic E-state index is 5.81. The lowest BCUT2D eigenvalue weighted by atomic mass is 10.1. The Balaban J connectivity index is 1.56. The summed E-state index contributed by atoms with van der Waals surface area (Å²) in [6, 6.07) is 6.08. The van der Waals surface area contributed by atoms with Crippen molar-refractivity contribution < 1.29 is 14.2 Å². The van der Waals surface area contributed by atoms with E-state index in [-0.39, 0.29) is 0 Å². The number of nitrogens with zero attached hydrogens (tertiary/aromatic N) is 3. The summed E-state index contributed by atoms with van der Waals surface area (Å²) in [5, 5.41) is 4.71. The Morgan fingerprint density at radius 1 is 1.19 bits per heavy atom. The molecule has 0 aliphatic carbocycles. The smallest absolute Gasteiger partial charge is 0.162 e. The van der Waals surface area contributed by atoms with Crippen molar-refractivity contribution in [1.82, 2.24) is 14.7 Å². The first-order valence-corrected chi connectivity index (χ1v) is 9.49. The standard InChI is InChI=1S/C20H27N3O3/c1-3-23(14-17-5-4-8-24-17)13-16-12-22(2)21-20(16)15-6-7-18-19(11-15)26-10-9-25-18/h6-7,11-12,17H,3-5,8-10,13-14H2,1-2H3/t17-/m1/s1. The number of ether oxygens (including phenoxy) is 3. The molecule has 1 aromatic carbocycles. The van der Waals surface area contributed by atoms with E-state index < -0.39 is 0 Å². The van der Waals surface area contributed by atoms with Crippen molar-refractivity contribution in [3.8, 4) is 22.8 Å². The lowest BCUT2D eigenvalue weighted by Gasteiger charge is -2.23. The van der Waals surface area contributed by atoms with Gasteiger partial charge in [0.2, 0.25) is 0 Å². The molecule has 0 spiro atoms. The summed E-state index contributed by atoms with van der Waals surface area (Å²) in [7, 11) is 1.97. The molecule has 26 heavy (non-hydrogen) atoms. The van der Waals surface area contributed by atoms with Gasteiger partial charge >= 0.3 is 0 Å². The summed E-state index contributed by atoms with van der Waals surface area (Å²) in [6.45, 7) is 7.15. The van der Waals surface area contributed by atoms with Crippen LogP contribution in [0.5, 0.6) is 11.5 Å². The lowest BCUT2D eigenvalue weighted by Crippen LogP contribution is -2.31. The molecule has 0 unspecified atom stereocenters. The van der Waals surface area contributed by atoms with E-state index in [0.29, 0.717) is 19.3 Å². The summed E-state index contributed by atoms with van der Waals surface area (Å²) in [6.07, 6.45) is 4.82. The van der Waals surface area contributed by atoms with Crippen molar-refractivity contribution in [3.05, 3.63) is 30.0 Å². The first kappa shape index (κ1) is 17.4. The molecule has 0 N–H and O–H groups in total. The van der Waals surface area contributed by atoms with Crippen LogP contribution in [0.3, 0.4) is 0 Å². The molecule has 2 aliphatic rings. The Bertz CT molecular complexity index is 753. The highest BCUT2D eigenvalue weighted by Crippen LogP contribution is 2.35. The predicted octanol–water partition coefficient (Wildman–Crippen LogP) is 2.86. The normalized spacial score (nSPS) is 19.3. The second-order valence-corrected chi connectivity index (χ2v) is 7.00. The molecule has 2 aliphatic heterocycles. The molecule has 6 nitrogen and oxygen atoms in total. The van der Waals surface area contributed by atoms with Gasteiger partial charge in [-0.05, 0) is 37.6 Å². The van der Waals surface area contributed by atoms with Crippen molar-refractivity contribution in [2.24, 2.45) is 7.05 Å². The molecule has 0 saturated carbocycles. The third-order valence-corrected chi connectivity index (χ3v) is 5.05. The number of hydrogen-bond donors (Lipinski definition) is 0. The molecule has 0 bridgehead atoms. The van der Waals surface area contributed by atoms with E-state index in [0.717, 1.165) is 49.0 Å². The molecular weight excluding hydrogens is 330 g/mol. The van der Waals surface area contributed by atoms with Gasteiger partial charge in [0.05, 0.1) is 11.8 Å². The topological polar surface area (TPSA) is 48.8 Å². The number of hydrogen-bond acceptors (Lipinski definition) is 5. The average Bonchev–Trinajstić information content (AvgIpc) is 3.30. The molecule has 3 heterocycles. The van der Waals surface area contributed by atoms with E-state index in [1.807, 2.05) is 23.9 Å². The SMILES string of the molecule is CCN(Cc1cn(C)nc1-c1ccc2c(c1)OCCO2)C[C@H]1CCCO1. The van der Waals surface area contributed by atoms with Crippen LogP contribution >= 0.6 is 0 Å². The van der Waals surface area contributed by atoms with Crippen molar-refractivity contribution in [2.45, 2.75) is 32.4 Å². The van der Waals surface area contributed by atoms with Gasteiger partial charge in [-0.2, -0.15) is 5.10 Å². The first-order valence-electron chi connectivity index (χ1n) is 9.49.